The van der Waals surface area contributed by atoms with Crippen LogP contribution in [-0.4, -0.2) is 36.6 Å². The van der Waals surface area contributed by atoms with Gasteiger partial charge in [-0.1, -0.05) is 30.3 Å². The largest absolute Gasteiger partial charge is 0.493 e. The number of halogens is 1. The number of methoxy groups -OCH3 is 2. The number of anilines is 1. The Morgan fingerprint density at radius 3 is 2.50 bits per heavy atom. The molecule has 4 rings (SSSR count). The van der Waals surface area contributed by atoms with Crippen molar-refractivity contribution in [2.75, 3.05) is 26.1 Å². The van der Waals surface area contributed by atoms with Gasteiger partial charge in [0.25, 0.3) is 5.91 Å². The molecule has 38 heavy (non-hydrogen) atoms. The lowest BCUT2D eigenvalue weighted by atomic mass is 10.1. The zero-order chi connectivity index (χ0) is 27.1. The number of hydrogen-bond acceptors (Lipinski definition) is 6. The Labute approximate surface area is 227 Å². The van der Waals surface area contributed by atoms with Crippen molar-refractivity contribution < 1.29 is 18.7 Å². The van der Waals surface area contributed by atoms with E-state index in [-0.39, 0.29) is 11.7 Å². The highest BCUT2D eigenvalue weighted by atomic mass is 32.1. The molecule has 0 aliphatic carbocycles. The highest BCUT2D eigenvalue weighted by molar-refractivity contribution is 7.09. The zero-order valence-electron chi connectivity index (χ0n) is 22.1. The molecule has 0 aliphatic rings. The second-order valence-corrected chi connectivity index (χ2v) is 10.1. The maximum absolute atomic E-state index is 14.5. The minimum Gasteiger partial charge on any atom is -0.493 e. The molecule has 198 valence electrons. The summed E-state index contributed by atoms with van der Waals surface area (Å²) >= 11 is 1.43. The van der Waals surface area contributed by atoms with E-state index in [1.165, 1.54) is 23.0 Å². The van der Waals surface area contributed by atoms with Crippen molar-refractivity contribution in [1.82, 2.24) is 9.88 Å². The maximum atomic E-state index is 14.5. The molecule has 0 saturated heterocycles. The second-order valence-electron chi connectivity index (χ2n) is 9.12. The normalized spacial score (nSPS) is 11.0. The van der Waals surface area contributed by atoms with E-state index in [2.05, 4.69) is 15.2 Å². The number of hydrogen-bond donors (Lipinski definition) is 1. The molecule has 8 heteroatoms. The lowest BCUT2D eigenvalue weighted by Gasteiger charge is -2.22. The van der Waals surface area contributed by atoms with Crippen molar-refractivity contribution in [1.29, 1.82) is 0 Å². The number of thiazole rings is 1. The third-order valence-corrected chi connectivity index (χ3v) is 7.26. The molecule has 0 fully saturated rings. The van der Waals surface area contributed by atoms with Crippen LogP contribution in [0, 0.1) is 19.7 Å². The highest BCUT2D eigenvalue weighted by Crippen LogP contribution is 2.28. The molecule has 0 aliphatic heterocycles. The van der Waals surface area contributed by atoms with Crippen LogP contribution in [0.5, 0.6) is 11.5 Å². The van der Waals surface area contributed by atoms with Gasteiger partial charge >= 0.3 is 0 Å². The zero-order valence-corrected chi connectivity index (χ0v) is 22.9. The number of carbonyl (C=O) groups is 1. The van der Waals surface area contributed by atoms with E-state index >= 15 is 0 Å². The fourth-order valence-electron chi connectivity index (χ4n) is 4.10. The number of rotatable bonds is 11. The summed E-state index contributed by atoms with van der Waals surface area (Å²) in [6.45, 7) is 5.62. The first-order valence-electron chi connectivity index (χ1n) is 12.4. The summed E-state index contributed by atoms with van der Waals surface area (Å²) in [6.07, 6.45) is 0.723. The monoisotopic (exact) mass is 533 g/mol. The first-order chi connectivity index (χ1) is 18.4. The van der Waals surface area contributed by atoms with Gasteiger partial charge in [0.2, 0.25) is 0 Å². The molecule has 0 atom stereocenters. The molecule has 4 aromatic rings. The van der Waals surface area contributed by atoms with Gasteiger partial charge in [-0.2, -0.15) is 0 Å². The van der Waals surface area contributed by atoms with E-state index < -0.39 is 0 Å². The van der Waals surface area contributed by atoms with Crippen molar-refractivity contribution in [2.45, 2.75) is 33.4 Å². The Hall–Kier alpha value is -3.75. The Balaban J connectivity index is 1.47. The molecule has 1 heterocycles. The molecule has 0 spiro atoms. The van der Waals surface area contributed by atoms with Crippen LogP contribution in [0.3, 0.4) is 0 Å². The predicted octanol–water partition coefficient (Wildman–Crippen LogP) is 6.41. The van der Waals surface area contributed by atoms with Crippen LogP contribution in [-0.2, 0) is 19.5 Å². The molecule has 6 nitrogen and oxygen atoms in total. The third kappa shape index (κ3) is 6.96. The Bertz CT molecular complexity index is 1410. The quantitative estimate of drug-likeness (QED) is 0.241. The fraction of sp³-hybridized carbons (Fsp3) is 0.267. The first kappa shape index (κ1) is 27.3. The predicted molar refractivity (Wildman–Crippen MR) is 150 cm³/mol. The Morgan fingerprint density at radius 1 is 0.974 bits per heavy atom. The summed E-state index contributed by atoms with van der Waals surface area (Å²) in [5.41, 5.74) is 5.08. The van der Waals surface area contributed by atoms with Crippen LogP contribution in [0.25, 0.3) is 0 Å². The summed E-state index contributed by atoms with van der Waals surface area (Å²) in [4.78, 5) is 19.5. The summed E-state index contributed by atoms with van der Waals surface area (Å²) in [5.74, 6) is 0.858. The first-order valence-corrected chi connectivity index (χ1v) is 13.2. The van der Waals surface area contributed by atoms with Gasteiger partial charge in [-0.3, -0.25) is 9.69 Å². The van der Waals surface area contributed by atoms with E-state index in [1.807, 2.05) is 56.3 Å². The van der Waals surface area contributed by atoms with E-state index in [1.54, 1.807) is 31.7 Å². The van der Waals surface area contributed by atoms with Gasteiger partial charge in [-0.15, -0.1) is 11.3 Å². The Morgan fingerprint density at radius 2 is 1.76 bits per heavy atom. The number of nitrogens with zero attached hydrogens (tertiary/aromatic N) is 2. The molecule has 0 unspecified atom stereocenters. The van der Waals surface area contributed by atoms with Crippen molar-refractivity contribution in [3.8, 4) is 11.5 Å². The van der Waals surface area contributed by atoms with Crippen LogP contribution in [0.4, 0.5) is 10.1 Å². The van der Waals surface area contributed by atoms with Gasteiger partial charge < -0.3 is 14.8 Å². The number of nitrogens with one attached hydrogen (secondary N) is 1. The highest BCUT2D eigenvalue weighted by Gasteiger charge is 2.16. The molecule has 0 bridgehead atoms. The van der Waals surface area contributed by atoms with Crippen molar-refractivity contribution in [3.63, 3.8) is 0 Å². The Kier molecular flexibility index (Phi) is 9.10. The number of carbonyl (C=O) groups excluding carboxylic acids is 1. The van der Waals surface area contributed by atoms with Crippen LogP contribution in [0.1, 0.15) is 37.7 Å². The topological polar surface area (TPSA) is 63.7 Å². The lowest BCUT2D eigenvalue weighted by Crippen LogP contribution is -2.26. The van der Waals surface area contributed by atoms with Gasteiger partial charge in [0.15, 0.2) is 11.5 Å². The number of benzene rings is 3. The molecule has 0 saturated carbocycles. The van der Waals surface area contributed by atoms with Gasteiger partial charge in [0.05, 0.1) is 20.8 Å². The average Bonchev–Trinajstić information content (AvgIpc) is 3.39. The standard InChI is InChI=1S/C30H32FN3O3S/c1-20-9-11-24(15-21(20)2)32-30(35)26-19-38-29(33-26)18-34(17-23-7-5-6-8-25(23)31)14-13-22-10-12-27(36-3)28(16-22)37-4/h5-12,15-16,19H,13-14,17-18H2,1-4H3,(H,32,35). The third-order valence-electron chi connectivity index (χ3n) is 6.42. The fourth-order valence-corrected chi connectivity index (χ4v) is 4.91. The van der Waals surface area contributed by atoms with Crippen LogP contribution >= 0.6 is 11.3 Å². The maximum Gasteiger partial charge on any atom is 0.275 e. The minimum atomic E-state index is -0.248. The summed E-state index contributed by atoms with van der Waals surface area (Å²) in [6, 6.07) is 18.5. The van der Waals surface area contributed by atoms with Crippen LogP contribution in [0.2, 0.25) is 0 Å². The summed E-state index contributed by atoms with van der Waals surface area (Å²) < 4.78 is 25.3. The number of aryl methyl sites for hydroxylation is 2. The SMILES string of the molecule is COc1ccc(CCN(Cc2nc(C(=O)Nc3ccc(C)c(C)c3)cs2)Cc2ccccc2F)cc1OC. The van der Waals surface area contributed by atoms with Gasteiger partial charge in [0, 0.05) is 29.7 Å². The molecular formula is C30H32FN3O3S. The van der Waals surface area contributed by atoms with Crippen LogP contribution < -0.4 is 14.8 Å². The van der Waals surface area contributed by atoms with Crippen molar-refractivity contribution in [3.05, 3.63) is 105 Å². The lowest BCUT2D eigenvalue weighted by molar-refractivity contribution is 0.102. The van der Waals surface area contributed by atoms with Gasteiger partial charge in [-0.05, 0) is 67.3 Å². The van der Waals surface area contributed by atoms with E-state index in [0.717, 1.165) is 28.2 Å². The molecular weight excluding hydrogens is 501 g/mol. The smallest absolute Gasteiger partial charge is 0.275 e. The van der Waals surface area contributed by atoms with Crippen LogP contribution in [0.15, 0.2) is 66.0 Å². The molecule has 1 amide bonds. The molecule has 3 aromatic carbocycles. The number of aromatic nitrogens is 1. The molecule has 0 radical (unpaired) electrons. The van der Waals surface area contributed by atoms with E-state index in [9.17, 15) is 9.18 Å². The minimum absolute atomic E-state index is 0.240. The van der Waals surface area contributed by atoms with E-state index in [0.29, 0.717) is 42.4 Å². The summed E-state index contributed by atoms with van der Waals surface area (Å²) in [5, 5.41) is 5.48. The molecule has 1 N–H and O–H groups in total. The average molecular weight is 534 g/mol. The van der Waals surface area contributed by atoms with Crippen molar-refractivity contribution >= 4 is 22.9 Å². The second kappa shape index (κ2) is 12.7. The van der Waals surface area contributed by atoms with Crippen molar-refractivity contribution in [2.24, 2.45) is 0 Å². The molecule has 1 aromatic heterocycles. The van der Waals surface area contributed by atoms with Gasteiger partial charge in [-0.25, -0.2) is 9.37 Å². The van der Waals surface area contributed by atoms with E-state index in [4.69, 9.17) is 9.47 Å². The number of amides is 1. The summed E-state index contributed by atoms with van der Waals surface area (Å²) in [7, 11) is 3.22. The van der Waals surface area contributed by atoms with Gasteiger partial charge in [0.1, 0.15) is 16.5 Å². The number of ether oxygens (including phenoxy) is 2.